The van der Waals surface area contributed by atoms with Gasteiger partial charge in [0.2, 0.25) is 0 Å². The van der Waals surface area contributed by atoms with Crippen molar-refractivity contribution < 1.29 is 0 Å². The Hall–Kier alpha value is -1.45. The van der Waals surface area contributed by atoms with Crippen molar-refractivity contribution in [2.75, 3.05) is 0 Å². The number of hydrogen-bond acceptors (Lipinski definition) is 3. The highest BCUT2D eigenvalue weighted by Crippen LogP contribution is 2.25. The molecule has 0 saturated heterocycles. The molecule has 4 heteroatoms. The van der Waals surface area contributed by atoms with Crippen molar-refractivity contribution in [3.05, 3.63) is 58.6 Å². The Labute approximate surface area is 119 Å². The molecule has 1 N–H and O–H groups in total. The minimum Gasteiger partial charge on any atom is -0.302 e. The average Bonchev–Trinajstić information content (AvgIpc) is 2.39. The molecule has 19 heavy (non-hydrogen) atoms. The van der Waals surface area contributed by atoms with Crippen LogP contribution < -0.4 is 5.32 Å². The lowest BCUT2D eigenvalue weighted by Crippen LogP contribution is -2.24. The van der Waals surface area contributed by atoms with Crippen molar-refractivity contribution in [2.24, 2.45) is 0 Å². The van der Waals surface area contributed by atoms with Gasteiger partial charge in [0.1, 0.15) is 0 Å². The van der Waals surface area contributed by atoms with Gasteiger partial charge in [-0.1, -0.05) is 29.8 Å². The summed E-state index contributed by atoms with van der Waals surface area (Å²) in [5.74, 6) is 0. The van der Waals surface area contributed by atoms with Crippen LogP contribution in [0.25, 0.3) is 0 Å². The number of rotatable bonds is 4. The molecule has 0 saturated carbocycles. The van der Waals surface area contributed by atoms with E-state index in [4.69, 9.17) is 11.6 Å². The maximum Gasteiger partial charge on any atom is 0.0782 e. The van der Waals surface area contributed by atoms with Crippen LogP contribution in [0.3, 0.4) is 0 Å². The normalized spacial score (nSPS) is 14.1. The molecule has 0 radical (unpaired) electrons. The Kier molecular flexibility index (Phi) is 4.51. The van der Waals surface area contributed by atoms with Crippen molar-refractivity contribution >= 4 is 11.6 Å². The van der Waals surface area contributed by atoms with Crippen LogP contribution in [0, 0.1) is 6.92 Å². The Morgan fingerprint density at radius 1 is 1.05 bits per heavy atom. The zero-order chi connectivity index (χ0) is 13.8. The highest BCUT2D eigenvalue weighted by Gasteiger charge is 2.15. The second-order valence-electron chi connectivity index (χ2n) is 4.66. The first-order chi connectivity index (χ1) is 9.09. The summed E-state index contributed by atoms with van der Waals surface area (Å²) in [6.07, 6.45) is 3.43. The summed E-state index contributed by atoms with van der Waals surface area (Å²) >= 11 is 6.21. The van der Waals surface area contributed by atoms with Crippen molar-refractivity contribution in [1.29, 1.82) is 0 Å². The van der Waals surface area contributed by atoms with E-state index < -0.39 is 0 Å². The maximum atomic E-state index is 6.21. The molecule has 0 aliphatic carbocycles. The first-order valence-corrected chi connectivity index (χ1v) is 6.75. The van der Waals surface area contributed by atoms with Gasteiger partial charge in [-0.3, -0.25) is 9.97 Å². The number of nitrogens with zero attached hydrogens (tertiary/aromatic N) is 2. The van der Waals surface area contributed by atoms with Gasteiger partial charge in [-0.05, 0) is 32.4 Å². The summed E-state index contributed by atoms with van der Waals surface area (Å²) in [5.41, 5.74) is 3.02. The minimum absolute atomic E-state index is 0.125. The maximum absolute atomic E-state index is 6.21. The van der Waals surface area contributed by atoms with Gasteiger partial charge >= 0.3 is 0 Å². The summed E-state index contributed by atoms with van der Waals surface area (Å²) in [5, 5.41) is 4.29. The fraction of sp³-hybridized carbons (Fsp3) is 0.333. The summed E-state index contributed by atoms with van der Waals surface area (Å²) < 4.78 is 0. The Balaban J connectivity index is 2.13. The fourth-order valence-electron chi connectivity index (χ4n) is 2.21. The number of nitrogens with one attached hydrogen (secondary N) is 1. The van der Waals surface area contributed by atoms with E-state index in [9.17, 15) is 0 Å². The molecular weight excluding hydrogens is 258 g/mol. The predicted molar refractivity (Wildman–Crippen MR) is 78.2 cm³/mol. The van der Waals surface area contributed by atoms with Gasteiger partial charge in [-0.15, -0.1) is 0 Å². The molecule has 0 amide bonds. The zero-order valence-electron chi connectivity index (χ0n) is 11.4. The predicted octanol–water partition coefficient (Wildman–Crippen LogP) is 3.85. The quantitative estimate of drug-likeness (QED) is 0.921. The summed E-state index contributed by atoms with van der Waals surface area (Å²) in [6.45, 7) is 6.16. The highest BCUT2D eigenvalue weighted by molar-refractivity contribution is 6.31. The van der Waals surface area contributed by atoms with E-state index in [-0.39, 0.29) is 12.1 Å². The second-order valence-corrected chi connectivity index (χ2v) is 5.07. The topological polar surface area (TPSA) is 37.8 Å². The number of aryl methyl sites for hydroxylation is 1. The lowest BCUT2D eigenvalue weighted by atomic mass is 10.1. The molecular formula is C15H18ClN3. The van der Waals surface area contributed by atoms with Crippen LogP contribution in [0.1, 0.15) is 42.9 Å². The van der Waals surface area contributed by atoms with Crippen molar-refractivity contribution in [2.45, 2.75) is 32.9 Å². The monoisotopic (exact) mass is 275 g/mol. The fourth-order valence-corrected chi connectivity index (χ4v) is 2.51. The molecule has 1 aromatic heterocycles. The van der Waals surface area contributed by atoms with E-state index in [0.29, 0.717) is 0 Å². The van der Waals surface area contributed by atoms with Crippen LogP contribution >= 0.6 is 11.6 Å². The number of aromatic nitrogens is 2. The van der Waals surface area contributed by atoms with Gasteiger partial charge in [0.05, 0.1) is 11.4 Å². The van der Waals surface area contributed by atoms with Crippen LogP contribution in [0.15, 0.2) is 36.7 Å². The third-order valence-electron chi connectivity index (χ3n) is 3.20. The second kappa shape index (κ2) is 6.13. The number of halogens is 1. The summed E-state index contributed by atoms with van der Waals surface area (Å²) in [4.78, 5) is 8.66. The van der Waals surface area contributed by atoms with Crippen molar-refractivity contribution in [3.63, 3.8) is 0 Å². The van der Waals surface area contributed by atoms with Gasteiger partial charge in [-0.25, -0.2) is 0 Å². The van der Waals surface area contributed by atoms with Crippen LogP contribution in [0.4, 0.5) is 0 Å². The van der Waals surface area contributed by atoms with E-state index in [1.54, 1.807) is 12.4 Å². The summed E-state index contributed by atoms with van der Waals surface area (Å²) in [7, 11) is 0. The molecule has 3 nitrogen and oxygen atoms in total. The lowest BCUT2D eigenvalue weighted by molar-refractivity contribution is 0.483. The molecule has 0 fully saturated rings. The first kappa shape index (κ1) is 14.0. The lowest BCUT2D eigenvalue weighted by Gasteiger charge is -2.21. The number of hydrogen-bond donors (Lipinski definition) is 1. The molecule has 0 spiro atoms. The van der Waals surface area contributed by atoms with Crippen LogP contribution in [0.5, 0.6) is 0 Å². The van der Waals surface area contributed by atoms with Gasteiger partial charge < -0.3 is 5.32 Å². The first-order valence-electron chi connectivity index (χ1n) is 6.37. The van der Waals surface area contributed by atoms with Gasteiger partial charge in [0, 0.05) is 29.5 Å². The van der Waals surface area contributed by atoms with Crippen molar-refractivity contribution in [1.82, 2.24) is 15.3 Å². The average molecular weight is 276 g/mol. The molecule has 2 atom stereocenters. The van der Waals surface area contributed by atoms with E-state index >= 15 is 0 Å². The Morgan fingerprint density at radius 3 is 2.42 bits per heavy atom. The van der Waals surface area contributed by atoms with Crippen LogP contribution in [0.2, 0.25) is 5.02 Å². The van der Waals surface area contributed by atoms with E-state index in [0.717, 1.165) is 22.0 Å². The third-order valence-corrected chi connectivity index (χ3v) is 3.55. The summed E-state index contributed by atoms with van der Waals surface area (Å²) in [6, 6.07) is 8.17. The van der Waals surface area contributed by atoms with E-state index in [1.165, 1.54) is 0 Å². The Bertz CT molecular complexity index is 507. The Morgan fingerprint density at radius 2 is 1.74 bits per heavy atom. The van der Waals surface area contributed by atoms with Crippen molar-refractivity contribution in [3.8, 4) is 0 Å². The van der Waals surface area contributed by atoms with E-state index in [1.807, 2.05) is 31.2 Å². The molecule has 1 unspecified atom stereocenters. The molecule has 0 aliphatic heterocycles. The standard InChI is InChI=1S/C15H18ClN3/c1-10(13-6-4-5-7-14(13)16)19-12(3)15-11(2)17-8-9-18-15/h4-10,12,19H,1-3H3/t10-,12?/m1/s1. The molecule has 0 bridgehead atoms. The molecule has 1 heterocycles. The van der Waals surface area contributed by atoms with E-state index in [2.05, 4.69) is 29.1 Å². The van der Waals surface area contributed by atoms with Crippen LogP contribution in [-0.2, 0) is 0 Å². The molecule has 2 aromatic rings. The van der Waals surface area contributed by atoms with Gasteiger partial charge in [-0.2, -0.15) is 0 Å². The van der Waals surface area contributed by atoms with Gasteiger partial charge in [0.25, 0.3) is 0 Å². The largest absolute Gasteiger partial charge is 0.302 e. The third kappa shape index (κ3) is 3.31. The van der Waals surface area contributed by atoms with Gasteiger partial charge in [0.15, 0.2) is 0 Å². The number of benzene rings is 1. The highest BCUT2D eigenvalue weighted by atomic mass is 35.5. The molecule has 0 aliphatic rings. The molecule has 100 valence electrons. The zero-order valence-corrected chi connectivity index (χ0v) is 12.1. The minimum atomic E-state index is 0.125. The molecule has 1 aromatic carbocycles. The SMILES string of the molecule is Cc1nccnc1C(C)N[C@H](C)c1ccccc1Cl. The molecule has 2 rings (SSSR count). The smallest absolute Gasteiger partial charge is 0.0782 e. The van der Waals surface area contributed by atoms with Crippen LogP contribution in [-0.4, -0.2) is 9.97 Å².